The van der Waals surface area contributed by atoms with Crippen LogP contribution in [0, 0.1) is 29.5 Å². The van der Waals surface area contributed by atoms with Crippen molar-refractivity contribution in [2.45, 2.75) is 97.3 Å². The van der Waals surface area contributed by atoms with Crippen molar-refractivity contribution < 1.29 is 51.4 Å². The average molecular weight is 1060 g/mol. The first-order valence-electron chi connectivity index (χ1n) is 23.5. The molecule has 0 saturated carbocycles. The molecule has 74 heavy (non-hydrogen) atoms. The number of rotatable bonds is 16. The zero-order valence-corrected chi connectivity index (χ0v) is 42.9. The molecule has 3 atom stereocenters. The number of halogens is 4. The smallest absolute Gasteiger partial charge is 0.417 e. The standard InChI is InChI=1S/C53H54F4N8O7S2/c1-30-45(74-29-61-30)33-11-9-31(10-12-33)26-60-47(69)42-24-37(66)28-63(42)48(70)46(51(2,3)4)62-44(68)27-59-43(67)8-7-21-72-38-18-14-32(15-19-38)34-16-20-41(40(54)22-34)65-50(73)64(49(71)52(65,5)6)36-17-13-35(25-58)39(23-36)53(55,56)57/h9-20,22-23,29,37,42,46,66H,7-8,21,24,26-28H2,1-6H3,(H,59,67)(H,60,69)(H,62,68)/t37-,42+,46?/m1/s1. The van der Waals surface area contributed by atoms with Gasteiger partial charge in [-0.3, -0.25) is 28.9 Å². The largest absolute Gasteiger partial charge is 0.494 e. The molecule has 15 nitrogen and oxygen atoms in total. The van der Waals surface area contributed by atoms with Crippen LogP contribution in [-0.2, 0) is 36.7 Å². The van der Waals surface area contributed by atoms with Gasteiger partial charge in [-0.15, -0.1) is 11.3 Å². The molecule has 21 heteroatoms. The lowest BCUT2D eigenvalue weighted by Gasteiger charge is -2.35. The summed E-state index contributed by atoms with van der Waals surface area (Å²) in [5, 5.41) is 27.7. The van der Waals surface area contributed by atoms with Crippen LogP contribution in [0.15, 0.2) is 90.4 Å². The molecule has 0 bridgehead atoms. The fraction of sp³-hybridized carbons (Fsp3) is 0.358. The predicted octanol–water partition coefficient (Wildman–Crippen LogP) is 7.82. The number of hydrogen-bond donors (Lipinski definition) is 4. The molecule has 1 aromatic heterocycles. The van der Waals surface area contributed by atoms with E-state index < -0.39 is 88.3 Å². The number of aliphatic hydroxyl groups excluding tert-OH is 1. The van der Waals surface area contributed by atoms with Crippen LogP contribution in [0.25, 0.3) is 21.6 Å². The summed E-state index contributed by atoms with van der Waals surface area (Å²) in [6.07, 6.45) is -5.49. The lowest BCUT2D eigenvalue weighted by atomic mass is 9.85. The Kier molecular flexibility index (Phi) is 16.2. The normalized spacial score (nSPS) is 17.0. The van der Waals surface area contributed by atoms with Crippen LogP contribution in [0.4, 0.5) is 28.9 Å². The lowest BCUT2D eigenvalue weighted by molar-refractivity contribution is -0.144. The number of nitriles is 1. The number of nitrogens with one attached hydrogen (secondary N) is 3. The third kappa shape index (κ3) is 12.0. The number of hydrogen-bond acceptors (Lipinski definition) is 11. The minimum atomic E-state index is -4.88. The van der Waals surface area contributed by atoms with Crippen LogP contribution >= 0.6 is 23.6 Å². The first kappa shape index (κ1) is 54.5. The molecule has 5 amide bonds. The minimum absolute atomic E-state index is 0.0136. The number of aromatic nitrogens is 1. The number of anilines is 2. The number of benzene rings is 4. The zero-order valence-electron chi connectivity index (χ0n) is 41.3. The Balaban J connectivity index is 0.868. The van der Waals surface area contributed by atoms with Gasteiger partial charge in [0.15, 0.2) is 5.11 Å². The molecule has 2 saturated heterocycles. The minimum Gasteiger partial charge on any atom is -0.494 e. The van der Waals surface area contributed by atoms with Crippen molar-refractivity contribution in [1.82, 2.24) is 25.8 Å². The molecule has 0 spiro atoms. The van der Waals surface area contributed by atoms with Gasteiger partial charge in [-0.1, -0.05) is 63.2 Å². The Bertz CT molecular complexity index is 3010. The number of aryl methyl sites for hydroxylation is 1. The van der Waals surface area contributed by atoms with Crippen LogP contribution in [-0.4, -0.2) is 93.1 Å². The summed E-state index contributed by atoms with van der Waals surface area (Å²) in [6.45, 7) is 10.00. The monoisotopic (exact) mass is 1050 g/mol. The molecule has 3 heterocycles. The second kappa shape index (κ2) is 22.1. The van der Waals surface area contributed by atoms with Gasteiger partial charge in [-0.25, -0.2) is 9.37 Å². The lowest BCUT2D eigenvalue weighted by Crippen LogP contribution is -2.58. The van der Waals surface area contributed by atoms with Crippen LogP contribution in [0.5, 0.6) is 5.75 Å². The van der Waals surface area contributed by atoms with Gasteiger partial charge in [0.25, 0.3) is 5.91 Å². The second-order valence-corrected chi connectivity index (χ2v) is 20.7. The average Bonchev–Trinajstić information content (AvgIpc) is 4.02. The van der Waals surface area contributed by atoms with E-state index in [0.717, 1.165) is 32.7 Å². The first-order chi connectivity index (χ1) is 34.9. The van der Waals surface area contributed by atoms with Crippen LogP contribution < -0.4 is 30.5 Å². The molecule has 7 rings (SSSR count). The quantitative estimate of drug-likeness (QED) is 0.0427. The van der Waals surface area contributed by atoms with Gasteiger partial charge < -0.3 is 35.6 Å². The van der Waals surface area contributed by atoms with Gasteiger partial charge in [0.2, 0.25) is 23.6 Å². The highest BCUT2D eigenvalue weighted by molar-refractivity contribution is 7.81. The SMILES string of the molecule is Cc1ncsc1-c1ccc(CNC(=O)[C@@H]2C[C@@H](O)CN2C(=O)C(NC(=O)CNC(=O)CCCOc2ccc(-c3ccc(N4C(=S)N(c5ccc(C#N)c(C(F)(F)F)c5)C(=O)C4(C)C)c(F)c3)cc2)C(C)(C)C)cc1. The van der Waals surface area contributed by atoms with Gasteiger partial charge >= 0.3 is 6.18 Å². The number of aliphatic hydroxyl groups is 1. The van der Waals surface area contributed by atoms with Crippen LogP contribution in [0.1, 0.15) is 76.3 Å². The Morgan fingerprint density at radius 3 is 2.26 bits per heavy atom. The summed E-state index contributed by atoms with van der Waals surface area (Å²) in [7, 11) is 0. The van der Waals surface area contributed by atoms with E-state index >= 15 is 4.39 Å². The van der Waals surface area contributed by atoms with Gasteiger partial charge in [0.05, 0.1) is 63.9 Å². The third-order valence-electron chi connectivity index (χ3n) is 12.7. The predicted molar refractivity (Wildman–Crippen MR) is 274 cm³/mol. The number of carbonyl (C=O) groups is 5. The Morgan fingerprint density at radius 2 is 1.64 bits per heavy atom. The molecule has 5 aromatic rings. The number of β-amino-alcohol motifs (C(OH)–C–C–N with tert-alkyl or cyclic N) is 1. The zero-order chi connectivity index (χ0) is 53.9. The van der Waals surface area contributed by atoms with Crippen molar-refractivity contribution in [2.24, 2.45) is 5.41 Å². The molecule has 2 aliphatic rings. The maximum atomic E-state index is 15.9. The molecular weight excluding hydrogens is 1000 g/mol. The second-order valence-electron chi connectivity index (χ2n) is 19.5. The summed E-state index contributed by atoms with van der Waals surface area (Å²) < 4.78 is 63.1. The number of alkyl halides is 3. The van der Waals surface area contributed by atoms with Crippen molar-refractivity contribution in [3.05, 3.63) is 119 Å². The highest BCUT2D eigenvalue weighted by atomic mass is 32.1. The van der Waals surface area contributed by atoms with Crippen molar-refractivity contribution in [1.29, 1.82) is 5.26 Å². The molecular formula is C53H54F4N8O7S2. The van der Waals surface area contributed by atoms with Crippen molar-refractivity contribution in [2.75, 3.05) is 29.5 Å². The molecule has 4 aromatic carbocycles. The Labute approximate surface area is 434 Å². The van der Waals surface area contributed by atoms with E-state index in [0.29, 0.717) is 22.9 Å². The fourth-order valence-corrected chi connectivity index (χ4v) is 10.1. The van der Waals surface area contributed by atoms with E-state index in [9.17, 15) is 47.5 Å². The maximum absolute atomic E-state index is 15.9. The highest BCUT2D eigenvalue weighted by Gasteiger charge is 2.51. The van der Waals surface area contributed by atoms with Gasteiger partial charge in [-0.2, -0.15) is 18.4 Å². The number of likely N-dealkylation sites (tertiary alicyclic amines) is 1. The number of ether oxygens (including phenoxy) is 1. The van der Waals surface area contributed by atoms with Crippen molar-refractivity contribution >= 4 is 69.6 Å². The Hall–Kier alpha value is -7.28. The van der Waals surface area contributed by atoms with Gasteiger partial charge in [-0.05, 0) is 110 Å². The van der Waals surface area contributed by atoms with E-state index in [4.69, 9.17) is 17.0 Å². The molecule has 0 aliphatic carbocycles. The molecule has 4 N–H and O–H groups in total. The number of thiocarbonyl (C=S) groups is 1. The van der Waals surface area contributed by atoms with Crippen LogP contribution in [0.2, 0.25) is 0 Å². The number of amides is 5. The summed E-state index contributed by atoms with van der Waals surface area (Å²) >= 11 is 7.10. The third-order valence-corrected chi connectivity index (χ3v) is 14.0. The summed E-state index contributed by atoms with van der Waals surface area (Å²) in [5.41, 5.74) is 1.18. The molecule has 2 aliphatic heterocycles. The Morgan fingerprint density at radius 1 is 0.959 bits per heavy atom. The molecule has 0 radical (unpaired) electrons. The first-order valence-corrected chi connectivity index (χ1v) is 24.8. The fourth-order valence-electron chi connectivity index (χ4n) is 8.72. The van der Waals surface area contributed by atoms with Crippen molar-refractivity contribution in [3.63, 3.8) is 0 Å². The van der Waals surface area contributed by atoms with Crippen molar-refractivity contribution in [3.8, 4) is 33.4 Å². The van der Waals surface area contributed by atoms with E-state index in [1.165, 1.54) is 47.9 Å². The molecule has 2 fully saturated rings. The highest BCUT2D eigenvalue weighted by Crippen LogP contribution is 2.41. The van der Waals surface area contributed by atoms with E-state index in [1.807, 2.05) is 31.2 Å². The number of carbonyl (C=O) groups excluding carboxylic acids is 5. The molecule has 1 unspecified atom stereocenters. The van der Waals surface area contributed by atoms with E-state index in [1.54, 1.807) is 68.0 Å². The topological polar surface area (TPSA) is 197 Å². The summed E-state index contributed by atoms with van der Waals surface area (Å²) in [6, 6.07) is 20.9. The summed E-state index contributed by atoms with van der Waals surface area (Å²) in [5.74, 6) is -3.01. The van der Waals surface area contributed by atoms with Gasteiger partial charge in [0.1, 0.15) is 29.2 Å². The summed E-state index contributed by atoms with van der Waals surface area (Å²) in [4.78, 5) is 75.8. The van der Waals surface area contributed by atoms with Gasteiger partial charge in [0, 0.05) is 25.9 Å². The van der Waals surface area contributed by atoms with E-state index in [-0.39, 0.29) is 55.4 Å². The maximum Gasteiger partial charge on any atom is 0.417 e. The van der Waals surface area contributed by atoms with Crippen LogP contribution in [0.3, 0.4) is 0 Å². The number of nitrogens with zero attached hydrogens (tertiary/aromatic N) is 5. The number of thiazole rings is 1. The van der Waals surface area contributed by atoms with E-state index in [2.05, 4.69) is 20.9 Å². The molecule has 388 valence electrons.